The number of hydrogen-bond acceptors (Lipinski definition) is 2. The Labute approximate surface area is 113 Å². The van der Waals surface area contributed by atoms with Gasteiger partial charge in [-0.05, 0) is 36.4 Å². The number of carbonyl (C=O) groups excluding carboxylic acids is 1. The Bertz CT molecular complexity index is 628. The van der Waals surface area contributed by atoms with Crippen molar-refractivity contribution in [3.63, 3.8) is 0 Å². The average Bonchev–Trinajstić information content (AvgIpc) is 2.32. The van der Waals surface area contributed by atoms with Gasteiger partial charge in [-0.1, -0.05) is 23.2 Å². The maximum Gasteiger partial charge on any atom is 0.194 e. The minimum atomic E-state index is -0.633. The first-order valence-electron chi connectivity index (χ1n) is 5.04. The second kappa shape index (κ2) is 4.96. The minimum absolute atomic E-state index is 0.00578. The molecule has 2 N–H and O–H groups in total. The summed E-state index contributed by atoms with van der Waals surface area (Å²) in [6.07, 6.45) is 0. The standard InChI is InChI=1S/C13H8Cl2FNO/c14-8-2-3-9(10(15)6-8)13(18)7-1-4-12(17)11(16)5-7/h1-6H,17H2. The fourth-order valence-corrected chi connectivity index (χ4v) is 1.99. The van der Waals surface area contributed by atoms with Crippen LogP contribution in [0.1, 0.15) is 15.9 Å². The summed E-state index contributed by atoms with van der Waals surface area (Å²) < 4.78 is 13.3. The van der Waals surface area contributed by atoms with E-state index in [-0.39, 0.29) is 27.6 Å². The average molecular weight is 284 g/mol. The van der Waals surface area contributed by atoms with E-state index in [1.807, 2.05) is 0 Å². The van der Waals surface area contributed by atoms with E-state index < -0.39 is 5.82 Å². The number of nitrogen functional groups attached to an aromatic ring is 1. The third kappa shape index (κ3) is 2.47. The summed E-state index contributed by atoms with van der Waals surface area (Å²) in [5.41, 5.74) is 5.80. The first-order chi connectivity index (χ1) is 8.49. The number of nitrogens with two attached hydrogens (primary N) is 1. The molecule has 0 unspecified atom stereocenters. The molecule has 0 heterocycles. The van der Waals surface area contributed by atoms with Gasteiger partial charge in [0.15, 0.2) is 5.78 Å². The first-order valence-corrected chi connectivity index (χ1v) is 5.79. The summed E-state index contributed by atoms with van der Waals surface area (Å²) in [7, 11) is 0. The molecule has 0 amide bonds. The van der Waals surface area contributed by atoms with E-state index in [1.54, 1.807) is 6.07 Å². The lowest BCUT2D eigenvalue weighted by Gasteiger charge is -2.05. The molecule has 0 aromatic heterocycles. The van der Waals surface area contributed by atoms with Crippen LogP contribution in [0.25, 0.3) is 0 Å². The van der Waals surface area contributed by atoms with Crippen molar-refractivity contribution in [3.05, 3.63) is 63.4 Å². The van der Waals surface area contributed by atoms with Crippen molar-refractivity contribution in [3.8, 4) is 0 Å². The largest absolute Gasteiger partial charge is 0.396 e. The van der Waals surface area contributed by atoms with Crippen molar-refractivity contribution in [1.29, 1.82) is 0 Å². The lowest BCUT2D eigenvalue weighted by atomic mass is 10.0. The van der Waals surface area contributed by atoms with Crippen LogP contribution in [0.4, 0.5) is 10.1 Å². The lowest BCUT2D eigenvalue weighted by molar-refractivity contribution is 0.103. The van der Waals surface area contributed by atoms with Crippen LogP contribution >= 0.6 is 23.2 Å². The number of benzene rings is 2. The van der Waals surface area contributed by atoms with Crippen LogP contribution in [0.5, 0.6) is 0 Å². The number of carbonyl (C=O) groups is 1. The molecule has 0 bridgehead atoms. The van der Waals surface area contributed by atoms with E-state index in [1.165, 1.54) is 24.3 Å². The van der Waals surface area contributed by atoms with Crippen molar-refractivity contribution in [2.24, 2.45) is 0 Å². The molecular weight excluding hydrogens is 276 g/mol. The van der Waals surface area contributed by atoms with Gasteiger partial charge in [-0.3, -0.25) is 4.79 Å². The molecule has 5 heteroatoms. The smallest absolute Gasteiger partial charge is 0.194 e. The number of ketones is 1. The molecule has 2 aromatic rings. The van der Waals surface area contributed by atoms with E-state index in [9.17, 15) is 9.18 Å². The summed E-state index contributed by atoms with van der Waals surface area (Å²) in [5.74, 6) is -1.01. The van der Waals surface area contributed by atoms with Crippen LogP contribution < -0.4 is 5.73 Å². The van der Waals surface area contributed by atoms with Crippen LogP contribution in [-0.2, 0) is 0 Å². The van der Waals surface area contributed by atoms with Crippen LogP contribution in [-0.4, -0.2) is 5.78 Å². The Morgan fingerprint density at radius 1 is 1.11 bits per heavy atom. The lowest BCUT2D eigenvalue weighted by Crippen LogP contribution is -2.03. The number of halogens is 3. The highest BCUT2D eigenvalue weighted by molar-refractivity contribution is 6.37. The maximum absolute atomic E-state index is 13.3. The number of rotatable bonds is 2. The molecule has 2 nitrogen and oxygen atoms in total. The summed E-state index contributed by atoms with van der Waals surface area (Å²) in [5, 5.41) is 0.657. The fourth-order valence-electron chi connectivity index (χ4n) is 1.50. The molecule has 0 radical (unpaired) electrons. The second-order valence-electron chi connectivity index (χ2n) is 3.69. The predicted molar refractivity (Wildman–Crippen MR) is 70.7 cm³/mol. The highest BCUT2D eigenvalue weighted by Gasteiger charge is 2.14. The van der Waals surface area contributed by atoms with Crippen molar-refractivity contribution < 1.29 is 9.18 Å². The molecule has 18 heavy (non-hydrogen) atoms. The molecule has 2 rings (SSSR count). The molecule has 0 fully saturated rings. The molecule has 0 aliphatic heterocycles. The van der Waals surface area contributed by atoms with Gasteiger partial charge in [-0.25, -0.2) is 4.39 Å². The van der Waals surface area contributed by atoms with E-state index >= 15 is 0 Å². The van der Waals surface area contributed by atoms with Gasteiger partial charge in [0.1, 0.15) is 5.82 Å². The Morgan fingerprint density at radius 3 is 2.44 bits per heavy atom. The summed E-state index contributed by atoms with van der Waals surface area (Å²) in [6, 6.07) is 8.39. The molecular formula is C13H8Cl2FNO. The SMILES string of the molecule is Nc1ccc(C(=O)c2ccc(Cl)cc2Cl)cc1F. The van der Waals surface area contributed by atoms with Gasteiger partial charge >= 0.3 is 0 Å². The zero-order valence-electron chi connectivity index (χ0n) is 9.08. The third-order valence-corrected chi connectivity index (χ3v) is 2.99. The Morgan fingerprint density at radius 2 is 1.83 bits per heavy atom. The van der Waals surface area contributed by atoms with E-state index in [0.717, 1.165) is 6.07 Å². The van der Waals surface area contributed by atoms with Crippen LogP contribution in [0.15, 0.2) is 36.4 Å². The zero-order chi connectivity index (χ0) is 13.3. The van der Waals surface area contributed by atoms with E-state index in [4.69, 9.17) is 28.9 Å². The number of hydrogen-bond donors (Lipinski definition) is 1. The monoisotopic (exact) mass is 283 g/mol. The Kier molecular flexibility index (Phi) is 3.55. The summed E-state index contributed by atoms with van der Waals surface area (Å²) in [6.45, 7) is 0. The van der Waals surface area contributed by atoms with Crippen molar-refractivity contribution in [2.45, 2.75) is 0 Å². The quantitative estimate of drug-likeness (QED) is 0.670. The summed E-state index contributed by atoms with van der Waals surface area (Å²) in [4.78, 5) is 12.1. The summed E-state index contributed by atoms with van der Waals surface area (Å²) >= 11 is 11.7. The molecule has 92 valence electrons. The van der Waals surface area contributed by atoms with Crippen molar-refractivity contribution in [2.75, 3.05) is 5.73 Å². The zero-order valence-corrected chi connectivity index (χ0v) is 10.6. The maximum atomic E-state index is 13.3. The van der Waals surface area contributed by atoms with Crippen molar-refractivity contribution >= 4 is 34.7 Å². The van der Waals surface area contributed by atoms with Crippen LogP contribution in [0.2, 0.25) is 10.0 Å². The predicted octanol–water partition coefficient (Wildman–Crippen LogP) is 3.95. The van der Waals surface area contributed by atoms with Gasteiger partial charge in [0.25, 0.3) is 0 Å². The molecule has 0 atom stereocenters. The molecule has 0 saturated carbocycles. The topological polar surface area (TPSA) is 43.1 Å². The van der Waals surface area contributed by atoms with Gasteiger partial charge in [-0.15, -0.1) is 0 Å². The van der Waals surface area contributed by atoms with Gasteiger partial charge in [0.2, 0.25) is 0 Å². The molecule has 0 saturated heterocycles. The van der Waals surface area contributed by atoms with Gasteiger partial charge in [-0.2, -0.15) is 0 Å². The van der Waals surface area contributed by atoms with Gasteiger partial charge in [0, 0.05) is 16.1 Å². The highest BCUT2D eigenvalue weighted by atomic mass is 35.5. The fraction of sp³-hybridized carbons (Fsp3) is 0. The normalized spacial score (nSPS) is 10.4. The number of anilines is 1. The van der Waals surface area contributed by atoms with Crippen molar-refractivity contribution in [1.82, 2.24) is 0 Å². The minimum Gasteiger partial charge on any atom is -0.396 e. The Hall–Kier alpha value is -1.58. The molecule has 0 aliphatic carbocycles. The Balaban J connectivity index is 2.44. The van der Waals surface area contributed by atoms with Gasteiger partial charge in [0.05, 0.1) is 10.7 Å². The second-order valence-corrected chi connectivity index (χ2v) is 4.53. The molecule has 0 spiro atoms. The van der Waals surface area contributed by atoms with Crippen LogP contribution in [0.3, 0.4) is 0 Å². The van der Waals surface area contributed by atoms with E-state index in [2.05, 4.69) is 0 Å². The van der Waals surface area contributed by atoms with E-state index in [0.29, 0.717) is 5.02 Å². The first kappa shape index (κ1) is 12.9. The molecule has 2 aromatic carbocycles. The highest BCUT2D eigenvalue weighted by Crippen LogP contribution is 2.24. The third-order valence-electron chi connectivity index (χ3n) is 2.44. The molecule has 0 aliphatic rings. The van der Waals surface area contributed by atoms with Gasteiger partial charge < -0.3 is 5.73 Å². The van der Waals surface area contributed by atoms with Crippen LogP contribution in [0, 0.1) is 5.82 Å².